The second-order valence-electron chi connectivity index (χ2n) is 10.9. The molecule has 1 aliphatic heterocycles. The molecule has 0 amide bonds. The molecule has 9 heteroatoms. The van der Waals surface area contributed by atoms with Crippen LogP contribution in [0.2, 0.25) is 0 Å². The number of aromatic nitrogens is 1. The van der Waals surface area contributed by atoms with E-state index >= 15 is 0 Å². The summed E-state index contributed by atoms with van der Waals surface area (Å²) in [5, 5.41) is 2.29. The van der Waals surface area contributed by atoms with E-state index in [4.69, 9.17) is 18.9 Å². The van der Waals surface area contributed by atoms with Crippen LogP contribution < -0.4 is 29.1 Å². The molecule has 0 spiro atoms. The summed E-state index contributed by atoms with van der Waals surface area (Å²) in [6.07, 6.45) is 1.80. The summed E-state index contributed by atoms with van der Waals surface area (Å²) in [7, 11) is 3.19. The Kier molecular flexibility index (Phi) is 8.76. The number of hydrogen-bond donors (Lipinski definition) is 0. The van der Waals surface area contributed by atoms with Crippen molar-refractivity contribution in [1.29, 1.82) is 0 Å². The van der Waals surface area contributed by atoms with Crippen molar-refractivity contribution >= 4 is 34.2 Å². The second kappa shape index (κ2) is 13.1. The van der Waals surface area contributed by atoms with Crippen LogP contribution in [-0.4, -0.2) is 31.4 Å². The van der Waals surface area contributed by atoms with Crippen molar-refractivity contribution in [3.05, 3.63) is 132 Å². The van der Waals surface area contributed by atoms with Gasteiger partial charge in [0.1, 0.15) is 12.4 Å². The predicted octanol–water partition coefficient (Wildman–Crippen LogP) is 5.86. The first-order valence-electron chi connectivity index (χ1n) is 14.9. The van der Waals surface area contributed by atoms with Crippen LogP contribution in [-0.2, 0) is 16.1 Å². The molecular weight excluding hydrogens is 600 g/mol. The van der Waals surface area contributed by atoms with Gasteiger partial charge in [0.25, 0.3) is 5.56 Å². The minimum Gasteiger partial charge on any atom is -0.496 e. The van der Waals surface area contributed by atoms with E-state index in [0.29, 0.717) is 44.5 Å². The van der Waals surface area contributed by atoms with E-state index in [0.717, 1.165) is 33.0 Å². The van der Waals surface area contributed by atoms with Crippen molar-refractivity contribution in [1.82, 2.24) is 4.57 Å². The maximum atomic E-state index is 14.1. The molecule has 5 aromatic rings. The van der Waals surface area contributed by atoms with Gasteiger partial charge in [-0.2, -0.15) is 0 Å². The van der Waals surface area contributed by atoms with Gasteiger partial charge in [0, 0.05) is 0 Å². The summed E-state index contributed by atoms with van der Waals surface area (Å²) in [5.74, 6) is 1.29. The average molecular weight is 635 g/mol. The summed E-state index contributed by atoms with van der Waals surface area (Å²) in [6, 6.07) is 24.9. The number of carbonyl (C=O) groups excluding carboxylic acids is 1. The quantitative estimate of drug-likeness (QED) is 0.189. The normalized spacial score (nSPS) is 14.5. The van der Waals surface area contributed by atoms with E-state index in [2.05, 4.69) is 29.3 Å². The number of rotatable bonds is 9. The Bertz CT molecular complexity index is 2170. The second-order valence-corrected chi connectivity index (χ2v) is 11.9. The molecule has 0 saturated heterocycles. The molecule has 0 fully saturated rings. The Morgan fingerprint density at radius 1 is 0.935 bits per heavy atom. The first-order chi connectivity index (χ1) is 22.3. The van der Waals surface area contributed by atoms with Gasteiger partial charge in [0.15, 0.2) is 16.3 Å². The largest absolute Gasteiger partial charge is 0.496 e. The minimum atomic E-state index is -0.730. The molecule has 0 aliphatic carbocycles. The first kappa shape index (κ1) is 30.9. The third-order valence-electron chi connectivity index (χ3n) is 8.01. The van der Waals surface area contributed by atoms with E-state index in [-0.39, 0.29) is 12.2 Å². The van der Waals surface area contributed by atoms with Crippen molar-refractivity contribution in [2.75, 3.05) is 20.8 Å². The maximum absolute atomic E-state index is 14.1. The van der Waals surface area contributed by atoms with Crippen molar-refractivity contribution in [2.45, 2.75) is 33.4 Å². The summed E-state index contributed by atoms with van der Waals surface area (Å²) >= 11 is 1.26. The van der Waals surface area contributed by atoms with Gasteiger partial charge >= 0.3 is 5.97 Å². The van der Waals surface area contributed by atoms with Crippen LogP contribution in [0.1, 0.15) is 42.1 Å². The van der Waals surface area contributed by atoms with Crippen LogP contribution in [0.4, 0.5) is 0 Å². The molecule has 0 bridgehead atoms. The molecule has 1 aliphatic rings. The fourth-order valence-corrected chi connectivity index (χ4v) is 6.78. The highest BCUT2D eigenvalue weighted by Crippen LogP contribution is 2.34. The Labute approximate surface area is 270 Å². The van der Waals surface area contributed by atoms with Crippen LogP contribution in [0.15, 0.2) is 99.9 Å². The molecule has 4 aromatic carbocycles. The minimum absolute atomic E-state index is 0.202. The van der Waals surface area contributed by atoms with E-state index in [9.17, 15) is 9.59 Å². The number of hydrogen-bond acceptors (Lipinski definition) is 8. The maximum Gasteiger partial charge on any atom is 0.338 e. The van der Waals surface area contributed by atoms with Crippen LogP contribution in [0.25, 0.3) is 16.8 Å². The number of fused-ring (bicyclic) bond motifs is 2. The lowest BCUT2D eigenvalue weighted by molar-refractivity contribution is -0.139. The molecule has 0 N–H and O–H groups in total. The molecule has 0 unspecified atom stereocenters. The Balaban J connectivity index is 1.38. The fraction of sp³-hybridized carbons (Fsp3) is 0.216. The molecule has 234 valence electrons. The van der Waals surface area contributed by atoms with Crippen molar-refractivity contribution in [3.8, 4) is 17.2 Å². The van der Waals surface area contributed by atoms with Gasteiger partial charge in [-0.25, -0.2) is 9.79 Å². The predicted molar refractivity (Wildman–Crippen MR) is 179 cm³/mol. The summed E-state index contributed by atoms with van der Waals surface area (Å²) in [5.41, 5.74) is 4.06. The van der Waals surface area contributed by atoms with Crippen molar-refractivity contribution in [2.24, 2.45) is 4.99 Å². The van der Waals surface area contributed by atoms with Gasteiger partial charge < -0.3 is 18.9 Å². The highest BCUT2D eigenvalue weighted by atomic mass is 32.1. The summed E-state index contributed by atoms with van der Waals surface area (Å²) in [4.78, 5) is 32.5. The fourth-order valence-electron chi connectivity index (χ4n) is 5.73. The molecule has 0 saturated carbocycles. The number of aryl methyl sites for hydroxylation is 1. The van der Waals surface area contributed by atoms with Crippen LogP contribution in [0, 0.1) is 6.92 Å². The lowest BCUT2D eigenvalue weighted by Gasteiger charge is -2.25. The van der Waals surface area contributed by atoms with E-state index < -0.39 is 12.0 Å². The third kappa shape index (κ3) is 5.81. The number of ether oxygens (including phenoxy) is 4. The van der Waals surface area contributed by atoms with E-state index in [1.807, 2.05) is 61.5 Å². The lowest BCUT2D eigenvalue weighted by atomic mass is 9.95. The van der Waals surface area contributed by atoms with Gasteiger partial charge in [-0.3, -0.25) is 9.36 Å². The molecular formula is C37H34N2O6S. The summed E-state index contributed by atoms with van der Waals surface area (Å²) in [6.45, 7) is 6.04. The Morgan fingerprint density at radius 2 is 1.72 bits per heavy atom. The third-order valence-corrected chi connectivity index (χ3v) is 9.00. The highest BCUT2D eigenvalue weighted by molar-refractivity contribution is 7.07. The monoisotopic (exact) mass is 634 g/mol. The number of nitrogens with zero attached hydrogens (tertiary/aromatic N) is 2. The molecule has 6 rings (SSSR count). The molecule has 0 radical (unpaired) electrons. The zero-order valence-corrected chi connectivity index (χ0v) is 27.1. The molecule has 46 heavy (non-hydrogen) atoms. The average Bonchev–Trinajstić information content (AvgIpc) is 3.37. The summed E-state index contributed by atoms with van der Waals surface area (Å²) < 4.78 is 24.9. The molecule has 8 nitrogen and oxygen atoms in total. The molecule has 2 heterocycles. The van der Waals surface area contributed by atoms with Crippen molar-refractivity contribution < 1.29 is 23.7 Å². The zero-order chi connectivity index (χ0) is 32.4. The Morgan fingerprint density at radius 3 is 2.50 bits per heavy atom. The molecule has 1 aromatic heterocycles. The number of methoxy groups -OCH3 is 2. The van der Waals surface area contributed by atoms with Gasteiger partial charge in [-0.05, 0) is 78.1 Å². The van der Waals surface area contributed by atoms with Crippen molar-refractivity contribution in [3.63, 3.8) is 0 Å². The first-order valence-corrected chi connectivity index (χ1v) is 15.8. The highest BCUT2D eigenvalue weighted by Gasteiger charge is 2.33. The van der Waals surface area contributed by atoms with Crippen LogP contribution in [0.5, 0.6) is 17.2 Å². The topological polar surface area (TPSA) is 88.4 Å². The van der Waals surface area contributed by atoms with Crippen LogP contribution in [0.3, 0.4) is 0 Å². The Hall–Kier alpha value is -5.15. The number of allylic oxidation sites excluding steroid dienone is 1. The number of thiazole rings is 1. The SMILES string of the molecule is CCOC(=O)C1=C(C)N=c2sc(=Cc3ccc(OCc4cccc5ccccc45)c(OC)c3)c(=O)n2[C@H]1c1ccc(C)c(OC)c1. The van der Waals surface area contributed by atoms with E-state index in [1.54, 1.807) is 38.7 Å². The van der Waals surface area contributed by atoms with Crippen LogP contribution >= 0.6 is 11.3 Å². The standard InChI is InChI=1S/C37H34N2O6S/c1-6-44-36(41)33-23(3)38-37-39(34(33)26-16-14-22(2)30(20-26)42-4)35(40)32(46-37)19-24-15-17-29(31(18-24)43-5)45-21-27-12-9-11-25-10-7-8-13-28(25)27/h7-20,34H,6,21H2,1-5H3/t34-/m0/s1. The number of esters is 1. The molecule has 1 atom stereocenters. The smallest absolute Gasteiger partial charge is 0.338 e. The van der Waals surface area contributed by atoms with Gasteiger partial charge in [0.2, 0.25) is 0 Å². The van der Waals surface area contributed by atoms with E-state index in [1.165, 1.54) is 11.3 Å². The van der Waals surface area contributed by atoms with Gasteiger partial charge in [-0.1, -0.05) is 72.0 Å². The zero-order valence-electron chi connectivity index (χ0n) is 26.3. The lowest BCUT2D eigenvalue weighted by Crippen LogP contribution is -2.40. The number of carbonyl (C=O) groups is 1. The number of benzene rings is 4. The van der Waals surface area contributed by atoms with Gasteiger partial charge in [0.05, 0.1) is 42.7 Å². The van der Waals surface area contributed by atoms with Gasteiger partial charge in [-0.15, -0.1) is 0 Å².